The quantitative estimate of drug-likeness (QED) is 0.220. The fraction of sp³-hybridized carbons (Fsp3) is 0.273. The van der Waals surface area contributed by atoms with E-state index in [1.165, 1.54) is 34.4 Å². The molecule has 0 fully saturated rings. The maximum atomic E-state index is 12.6. The topological polar surface area (TPSA) is 115 Å². The van der Waals surface area contributed by atoms with Crippen molar-refractivity contribution in [2.75, 3.05) is 16.8 Å². The summed E-state index contributed by atoms with van der Waals surface area (Å²) in [4.78, 5) is 25.7. The zero-order chi connectivity index (χ0) is 24.8. The molecule has 0 saturated carbocycles. The second-order valence-corrected chi connectivity index (χ2v) is 11.7. The highest BCUT2D eigenvalue weighted by Gasteiger charge is 2.19. The molecule has 9 nitrogen and oxygen atoms in total. The molecule has 4 rings (SSSR count). The van der Waals surface area contributed by atoms with Gasteiger partial charge in [0, 0.05) is 0 Å². The van der Waals surface area contributed by atoms with E-state index in [9.17, 15) is 9.59 Å². The number of nitrogens with one attached hydrogen (secondary N) is 2. The Hall–Kier alpha value is -2.74. The maximum Gasteiger partial charge on any atom is 0.261 e. The molecule has 0 unspecified atom stereocenters. The Labute approximate surface area is 219 Å². The van der Waals surface area contributed by atoms with Gasteiger partial charge >= 0.3 is 0 Å². The molecule has 0 aliphatic carbocycles. The summed E-state index contributed by atoms with van der Waals surface area (Å²) in [5.74, 6) is 1.23. The second-order valence-electron chi connectivity index (χ2n) is 7.33. The van der Waals surface area contributed by atoms with Crippen molar-refractivity contribution < 1.29 is 9.59 Å². The van der Waals surface area contributed by atoms with Gasteiger partial charge in [-0.1, -0.05) is 60.0 Å². The molecule has 2 amide bonds. The molecule has 0 aliphatic rings. The lowest BCUT2D eigenvalue weighted by Crippen LogP contribution is -2.24. The number of amides is 2. The molecule has 0 spiro atoms. The SMILES string of the molecule is CCSc1nnc(NC(=O)CSc2nnc(CNC(=O)c3cccs3)n2-c2cc(C)ccc2C)s1. The van der Waals surface area contributed by atoms with E-state index in [1.807, 2.05) is 55.0 Å². The molecule has 0 saturated heterocycles. The summed E-state index contributed by atoms with van der Waals surface area (Å²) in [5, 5.41) is 25.3. The number of anilines is 1. The summed E-state index contributed by atoms with van der Waals surface area (Å²) in [6, 6.07) is 9.72. The van der Waals surface area contributed by atoms with Crippen LogP contribution in [0.15, 0.2) is 45.2 Å². The summed E-state index contributed by atoms with van der Waals surface area (Å²) in [6.07, 6.45) is 0. The van der Waals surface area contributed by atoms with Crippen molar-refractivity contribution in [2.45, 2.75) is 36.8 Å². The van der Waals surface area contributed by atoms with E-state index >= 15 is 0 Å². The van der Waals surface area contributed by atoms with E-state index in [-0.39, 0.29) is 24.1 Å². The molecule has 3 aromatic heterocycles. The molecule has 0 atom stereocenters. The van der Waals surface area contributed by atoms with Crippen LogP contribution in [-0.4, -0.2) is 48.3 Å². The number of hydrogen-bond donors (Lipinski definition) is 2. The molecule has 0 radical (unpaired) electrons. The summed E-state index contributed by atoms with van der Waals surface area (Å²) in [7, 11) is 0. The van der Waals surface area contributed by atoms with Crippen LogP contribution in [0.2, 0.25) is 0 Å². The predicted molar refractivity (Wildman–Crippen MR) is 142 cm³/mol. The van der Waals surface area contributed by atoms with Gasteiger partial charge in [0.15, 0.2) is 15.3 Å². The van der Waals surface area contributed by atoms with Crippen LogP contribution in [0.3, 0.4) is 0 Å². The summed E-state index contributed by atoms with van der Waals surface area (Å²) in [6.45, 7) is 6.26. The summed E-state index contributed by atoms with van der Waals surface area (Å²) in [5.41, 5.74) is 3.02. The Morgan fingerprint density at radius 1 is 1.09 bits per heavy atom. The summed E-state index contributed by atoms with van der Waals surface area (Å²) < 4.78 is 2.72. The normalized spacial score (nSPS) is 10.9. The molecular formula is C22H23N7O2S4. The molecule has 35 heavy (non-hydrogen) atoms. The molecule has 13 heteroatoms. The summed E-state index contributed by atoms with van der Waals surface area (Å²) >= 11 is 5.58. The average Bonchev–Trinajstić information content (AvgIpc) is 3.60. The number of nitrogens with zero attached hydrogens (tertiary/aromatic N) is 5. The third-order valence-electron chi connectivity index (χ3n) is 4.71. The Morgan fingerprint density at radius 2 is 1.94 bits per heavy atom. The Kier molecular flexibility index (Phi) is 8.55. The van der Waals surface area contributed by atoms with Gasteiger partial charge in [-0.2, -0.15) is 0 Å². The Morgan fingerprint density at radius 3 is 2.71 bits per heavy atom. The molecular weight excluding hydrogens is 523 g/mol. The standard InChI is InChI=1S/C22H23N7O2S4/c1-4-32-22-28-26-20(35-22)24-18(30)12-34-21-27-25-17(11-23-19(31)16-6-5-9-33-16)29(21)15-10-13(2)7-8-14(15)3/h5-10H,4,11-12H2,1-3H3,(H,23,31)(H,24,26,30). The van der Waals surface area contributed by atoms with Crippen LogP contribution in [0, 0.1) is 13.8 Å². The number of aromatic nitrogens is 5. The maximum absolute atomic E-state index is 12.6. The van der Waals surface area contributed by atoms with Crippen molar-refractivity contribution in [3.63, 3.8) is 0 Å². The zero-order valence-corrected chi connectivity index (χ0v) is 22.5. The van der Waals surface area contributed by atoms with Crippen LogP contribution >= 0.6 is 46.2 Å². The van der Waals surface area contributed by atoms with E-state index < -0.39 is 0 Å². The van der Waals surface area contributed by atoms with Crippen molar-refractivity contribution in [3.8, 4) is 5.69 Å². The van der Waals surface area contributed by atoms with Crippen LogP contribution in [0.25, 0.3) is 5.69 Å². The van der Waals surface area contributed by atoms with Crippen molar-refractivity contribution in [1.82, 2.24) is 30.3 Å². The third kappa shape index (κ3) is 6.48. The van der Waals surface area contributed by atoms with Crippen molar-refractivity contribution >= 4 is 63.1 Å². The molecule has 0 bridgehead atoms. The van der Waals surface area contributed by atoms with Gasteiger partial charge in [0.25, 0.3) is 5.91 Å². The minimum absolute atomic E-state index is 0.125. The Bertz CT molecular complexity index is 1320. The number of rotatable bonds is 10. The number of carbonyl (C=O) groups is 2. The minimum atomic E-state index is -0.206. The average molecular weight is 546 g/mol. The van der Waals surface area contributed by atoms with Crippen LogP contribution in [0.1, 0.15) is 33.5 Å². The highest BCUT2D eigenvalue weighted by atomic mass is 32.2. The van der Waals surface area contributed by atoms with Crippen molar-refractivity contribution in [1.29, 1.82) is 0 Å². The lowest BCUT2D eigenvalue weighted by molar-refractivity contribution is -0.113. The van der Waals surface area contributed by atoms with Gasteiger partial charge in [-0.05, 0) is 48.2 Å². The monoisotopic (exact) mass is 545 g/mol. The Balaban J connectivity index is 1.51. The first-order valence-electron chi connectivity index (χ1n) is 10.7. The van der Waals surface area contributed by atoms with E-state index in [0.29, 0.717) is 21.0 Å². The van der Waals surface area contributed by atoms with Gasteiger partial charge in [-0.3, -0.25) is 19.5 Å². The fourth-order valence-electron chi connectivity index (χ4n) is 3.09. The second kappa shape index (κ2) is 11.8. The zero-order valence-electron chi connectivity index (χ0n) is 19.3. The number of benzene rings is 1. The first-order valence-corrected chi connectivity index (χ1v) is 14.3. The van der Waals surface area contributed by atoms with Crippen molar-refractivity contribution in [2.24, 2.45) is 0 Å². The van der Waals surface area contributed by atoms with Crippen LogP contribution in [-0.2, 0) is 11.3 Å². The van der Waals surface area contributed by atoms with Crippen LogP contribution in [0.4, 0.5) is 5.13 Å². The van der Waals surface area contributed by atoms with Gasteiger partial charge < -0.3 is 5.32 Å². The fourth-order valence-corrected chi connectivity index (χ4v) is 6.16. The van der Waals surface area contributed by atoms with Gasteiger partial charge in [-0.25, -0.2) is 0 Å². The van der Waals surface area contributed by atoms with E-state index in [1.54, 1.807) is 17.8 Å². The molecule has 182 valence electrons. The highest BCUT2D eigenvalue weighted by molar-refractivity contribution is 8.01. The van der Waals surface area contributed by atoms with Gasteiger partial charge in [0.05, 0.1) is 22.9 Å². The number of thiophene rings is 1. The minimum Gasteiger partial charge on any atom is -0.344 e. The number of aryl methyl sites for hydroxylation is 2. The van der Waals surface area contributed by atoms with Crippen molar-refractivity contribution in [3.05, 3.63) is 57.5 Å². The van der Waals surface area contributed by atoms with Crippen LogP contribution < -0.4 is 10.6 Å². The number of hydrogen-bond acceptors (Lipinski definition) is 10. The lowest BCUT2D eigenvalue weighted by atomic mass is 10.1. The molecule has 3 heterocycles. The molecule has 1 aromatic carbocycles. The van der Waals surface area contributed by atoms with Gasteiger partial charge in [0.2, 0.25) is 11.0 Å². The number of thioether (sulfide) groups is 2. The van der Waals surface area contributed by atoms with E-state index in [2.05, 4.69) is 31.0 Å². The molecule has 4 aromatic rings. The first-order chi connectivity index (χ1) is 16.9. The van der Waals surface area contributed by atoms with Gasteiger partial charge in [-0.15, -0.1) is 31.7 Å². The predicted octanol–water partition coefficient (Wildman–Crippen LogP) is 4.57. The van der Waals surface area contributed by atoms with E-state index in [4.69, 9.17) is 0 Å². The van der Waals surface area contributed by atoms with E-state index in [0.717, 1.165) is 26.9 Å². The third-order valence-corrected chi connectivity index (χ3v) is 8.36. The molecule has 2 N–H and O–H groups in total. The smallest absolute Gasteiger partial charge is 0.261 e. The number of carbonyl (C=O) groups excluding carboxylic acids is 2. The first kappa shape index (κ1) is 25.4. The lowest BCUT2D eigenvalue weighted by Gasteiger charge is -2.14. The highest BCUT2D eigenvalue weighted by Crippen LogP contribution is 2.27. The van der Waals surface area contributed by atoms with Crippen LogP contribution in [0.5, 0.6) is 0 Å². The molecule has 0 aliphatic heterocycles. The largest absolute Gasteiger partial charge is 0.344 e. The van der Waals surface area contributed by atoms with Gasteiger partial charge in [0.1, 0.15) is 0 Å².